The summed E-state index contributed by atoms with van der Waals surface area (Å²) in [7, 11) is 0. The zero-order chi connectivity index (χ0) is 14.2. The van der Waals surface area contributed by atoms with Crippen molar-refractivity contribution in [2.45, 2.75) is 51.4 Å². The van der Waals surface area contributed by atoms with E-state index in [0.717, 1.165) is 0 Å². The molecule has 0 bridgehead atoms. The largest absolute Gasteiger partial charge is 0.444 e. The minimum absolute atomic E-state index is 0.00705. The number of aliphatic hydroxyl groups excluding tert-OH is 1. The smallest absolute Gasteiger partial charge is 0.410 e. The second kappa shape index (κ2) is 5.00. The second-order valence-electron chi connectivity index (χ2n) is 6.27. The highest BCUT2D eigenvalue weighted by molar-refractivity contribution is 5.79. The van der Waals surface area contributed by atoms with Gasteiger partial charge in [0.15, 0.2) is 0 Å². The second-order valence-corrected chi connectivity index (χ2v) is 6.27. The molecule has 0 unspecified atom stereocenters. The normalized spacial score (nSPS) is 28.1. The maximum atomic E-state index is 12.1. The van der Waals surface area contributed by atoms with Gasteiger partial charge in [-0.15, -0.1) is 0 Å². The van der Waals surface area contributed by atoms with Gasteiger partial charge in [0.1, 0.15) is 5.60 Å². The summed E-state index contributed by atoms with van der Waals surface area (Å²) in [6.07, 6.45) is -0.0379. The van der Waals surface area contributed by atoms with Gasteiger partial charge in [0.2, 0.25) is 5.91 Å². The fraction of sp³-hybridized carbons (Fsp3) is 0.846. The molecule has 2 heterocycles. The van der Waals surface area contributed by atoms with Gasteiger partial charge in [0, 0.05) is 26.1 Å². The number of fused-ring (bicyclic) bond motifs is 1. The predicted octanol–water partition coefficient (Wildman–Crippen LogP) is 0.589. The number of aliphatic hydroxyl groups is 1. The van der Waals surface area contributed by atoms with Crippen molar-refractivity contribution in [3.05, 3.63) is 0 Å². The molecular weight excluding hydrogens is 248 g/mol. The van der Waals surface area contributed by atoms with Gasteiger partial charge in [-0.2, -0.15) is 0 Å². The average molecular weight is 270 g/mol. The molecule has 0 aromatic carbocycles. The van der Waals surface area contributed by atoms with Crippen LogP contribution in [0.2, 0.25) is 0 Å². The SMILES string of the molecule is CC(C)(C)OC(=O)N1CCC(=O)N2C[C@@H](O)C[C@H]2C1. The molecule has 0 spiro atoms. The first-order valence-corrected chi connectivity index (χ1v) is 6.72. The molecule has 19 heavy (non-hydrogen) atoms. The molecule has 2 aliphatic rings. The third kappa shape index (κ3) is 3.37. The van der Waals surface area contributed by atoms with Crippen molar-refractivity contribution in [1.29, 1.82) is 0 Å². The summed E-state index contributed by atoms with van der Waals surface area (Å²) in [5.74, 6) is 0.00705. The Morgan fingerprint density at radius 2 is 2.05 bits per heavy atom. The number of hydrogen-bond acceptors (Lipinski definition) is 4. The molecule has 2 rings (SSSR count). The van der Waals surface area contributed by atoms with E-state index in [-0.39, 0.29) is 18.0 Å². The standard InChI is InChI=1S/C13H22N2O4/c1-13(2,3)19-12(18)14-5-4-11(17)15-8-10(16)6-9(15)7-14/h9-10,16H,4-8H2,1-3H3/t9-,10-/m0/s1. The minimum atomic E-state index is -0.539. The Balaban J connectivity index is 2.04. The molecule has 0 aromatic heterocycles. The molecule has 6 heteroatoms. The molecule has 2 fully saturated rings. The zero-order valence-electron chi connectivity index (χ0n) is 11.8. The van der Waals surface area contributed by atoms with Crippen LogP contribution in [0.1, 0.15) is 33.6 Å². The van der Waals surface area contributed by atoms with Crippen molar-refractivity contribution in [1.82, 2.24) is 9.80 Å². The number of amides is 2. The van der Waals surface area contributed by atoms with Crippen molar-refractivity contribution >= 4 is 12.0 Å². The highest BCUT2D eigenvalue weighted by atomic mass is 16.6. The lowest BCUT2D eigenvalue weighted by molar-refractivity contribution is -0.131. The first-order chi connectivity index (χ1) is 8.76. The predicted molar refractivity (Wildman–Crippen MR) is 68.5 cm³/mol. The van der Waals surface area contributed by atoms with Crippen molar-refractivity contribution in [2.24, 2.45) is 0 Å². The Morgan fingerprint density at radius 3 is 2.68 bits per heavy atom. The Labute approximate surface area is 113 Å². The highest BCUT2D eigenvalue weighted by Gasteiger charge is 2.39. The average Bonchev–Trinajstić information content (AvgIpc) is 2.55. The van der Waals surface area contributed by atoms with Crippen LogP contribution in [-0.4, -0.2) is 64.3 Å². The minimum Gasteiger partial charge on any atom is -0.444 e. The van der Waals surface area contributed by atoms with Crippen LogP contribution in [-0.2, 0) is 9.53 Å². The summed E-state index contributed by atoms with van der Waals surface area (Å²) in [4.78, 5) is 27.3. The molecule has 2 atom stereocenters. The number of nitrogens with zero attached hydrogens (tertiary/aromatic N) is 2. The lowest BCUT2D eigenvalue weighted by Crippen LogP contribution is -2.42. The molecule has 2 aliphatic heterocycles. The van der Waals surface area contributed by atoms with Crippen LogP contribution in [0, 0.1) is 0 Å². The number of carbonyl (C=O) groups excluding carboxylic acids is 2. The van der Waals surface area contributed by atoms with Crippen molar-refractivity contribution in [2.75, 3.05) is 19.6 Å². The van der Waals surface area contributed by atoms with Crippen LogP contribution in [0.3, 0.4) is 0 Å². The summed E-state index contributed by atoms with van der Waals surface area (Å²) in [6, 6.07) is -0.0856. The summed E-state index contributed by atoms with van der Waals surface area (Å²) >= 11 is 0. The van der Waals surface area contributed by atoms with E-state index in [4.69, 9.17) is 4.74 Å². The van der Waals surface area contributed by atoms with E-state index in [1.807, 2.05) is 20.8 Å². The Kier molecular flexibility index (Phi) is 3.71. The molecule has 0 saturated carbocycles. The molecule has 2 amide bonds. The highest BCUT2D eigenvalue weighted by Crippen LogP contribution is 2.23. The van der Waals surface area contributed by atoms with Crippen molar-refractivity contribution in [3.63, 3.8) is 0 Å². The topological polar surface area (TPSA) is 70.1 Å². The van der Waals surface area contributed by atoms with Gasteiger partial charge in [-0.25, -0.2) is 4.79 Å². The number of ether oxygens (including phenoxy) is 1. The quantitative estimate of drug-likeness (QED) is 0.699. The van der Waals surface area contributed by atoms with Crippen LogP contribution in [0.4, 0.5) is 4.79 Å². The first kappa shape index (κ1) is 14.1. The van der Waals surface area contributed by atoms with E-state index >= 15 is 0 Å². The first-order valence-electron chi connectivity index (χ1n) is 6.72. The van der Waals surface area contributed by atoms with E-state index in [2.05, 4.69) is 0 Å². The molecular formula is C13H22N2O4. The Bertz CT molecular complexity index is 377. The van der Waals surface area contributed by atoms with Crippen LogP contribution < -0.4 is 0 Å². The number of hydrogen-bond donors (Lipinski definition) is 1. The monoisotopic (exact) mass is 270 g/mol. The maximum Gasteiger partial charge on any atom is 0.410 e. The molecule has 1 N–H and O–H groups in total. The Morgan fingerprint density at radius 1 is 1.37 bits per heavy atom. The van der Waals surface area contributed by atoms with Gasteiger partial charge in [0.05, 0.1) is 12.1 Å². The van der Waals surface area contributed by atoms with E-state index in [0.29, 0.717) is 32.5 Å². The molecule has 0 radical (unpaired) electrons. The lowest BCUT2D eigenvalue weighted by atomic mass is 10.2. The van der Waals surface area contributed by atoms with Crippen LogP contribution >= 0.6 is 0 Å². The summed E-state index contributed by atoms with van der Waals surface area (Å²) < 4.78 is 5.34. The summed E-state index contributed by atoms with van der Waals surface area (Å²) in [5.41, 5.74) is -0.539. The fourth-order valence-electron chi connectivity index (χ4n) is 2.58. The molecule has 0 aliphatic carbocycles. The maximum absolute atomic E-state index is 12.1. The van der Waals surface area contributed by atoms with Crippen molar-refractivity contribution < 1.29 is 19.4 Å². The number of carbonyl (C=O) groups is 2. The molecule has 0 aromatic rings. The van der Waals surface area contributed by atoms with Gasteiger partial charge < -0.3 is 19.6 Å². The zero-order valence-corrected chi connectivity index (χ0v) is 11.8. The summed E-state index contributed by atoms with van der Waals surface area (Å²) in [5, 5.41) is 9.65. The van der Waals surface area contributed by atoms with Crippen LogP contribution in [0.25, 0.3) is 0 Å². The van der Waals surface area contributed by atoms with Gasteiger partial charge in [-0.05, 0) is 27.2 Å². The van der Waals surface area contributed by atoms with Crippen LogP contribution in [0.15, 0.2) is 0 Å². The van der Waals surface area contributed by atoms with Gasteiger partial charge >= 0.3 is 6.09 Å². The van der Waals surface area contributed by atoms with E-state index in [9.17, 15) is 14.7 Å². The molecule has 108 valence electrons. The van der Waals surface area contributed by atoms with E-state index < -0.39 is 11.7 Å². The van der Waals surface area contributed by atoms with E-state index in [1.165, 1.54) is 0 Å². The van der Waals surface area contributed by atoms with Crippen molar-refractivity contribution in [3.8, 4) is 0 Å². The molecule has 2 saturated heterocycles. The number of rotatable bonds is 0. The van der Waals surface area contributed by atoms with Gasteiger partial charge in [0.25, 0.3) is 0 Å². The molecule has 6 nitrogen and oxygen atoms in total. The van der Waals surface area contributed by atoms with E-state index in [1.54, 1.807) is 9.80 Å². The fourth-order valence-corrected chi connectivity index (χ4v) is 2.58. The third-order valence-electron chi connectivity index (χ3n) is 3.39. The summed E-state index contributed by atoms with van der Waals surface area (Å²) in [6.45, 7) is 6.67. The third-order valence-corrected chi connectivity index (χ3v) is 3.39. The van der Waals surface area contributed by atoms with Crippen LogP contribution in [0.5, 0.6) is 0 Å². The van der Waals surface area contributed by atoms with Gasteiger partial charge in [-0.1, -0.05) is 0 Å². The lowest BCUT2D eigenvalue weighted by Gasteiger charge is -2.28. The Hall–Kier alpha value is -1.30. The van der Waals surface area contributed by atoms with Gasteiger partial charge in [-0.3, -0.25) is 4.79 Å².